The summed E-state index contributed by atoms with van der Waals surface area (Å²) >= 11 is 0. The second-order valence-corrected chi connectivity index (χ2v) is 5.88. The summed E-state index contributed by atoms with van der Waals surface area (Å²) in [7, 11) is 0. The highest BCUT2D eigenvalue weighted by Gasteiger charge is 2.32. The second-order valence-electron chi connectivity index (χ2n) is 5.88. The average Bonchev–Trinajstić information content (AvgIpc) is 2.63. The van der Waals surface area contributed by atoms with Gasteiger partial charge in [-0.2, -0.15) is 5.26 Å². The van der Waals surface area contributed by atoms with E-state index in [1.54, 1.807) is 0 Å². The standard InChI is InChI=1S/C22H19N/c23-18-22(21-14-8-3-9-15-21,16-19-10-4-1-5-11-19)17-20-12-6-2-7-13-20/h1-15H,16-17H2. The Balaban J connectivity index is 2.03. The van der Waals surface area contributed by atoms with Gasteiger partial charge >= 0.3 is 0 Å². The molecule has 3 rings (SSSR count). The zero-order chi connectivity index (χ0) is 16.0. The molecule has 0 N–H and O–H groups in total. The Morgan fingerprint density at radius 1 is 0.609 bits per heavy atom. The van der Waals surface area contributed by atoms with E-state index in [1.165, 1.54) is 11.1 Å². The third-order valence-electron chi connectivity index (χ3n) is 4.24. The number of nitrogens with zero attached hydrogens (tertiary/aromatic N) is 1. The molecule has 0 amide bonds. The van der Waals surface area contributed by atoms with Crippen molar-refractivity contribution in [2.45, 2.75) is 18.3 Å². The minimum absolute atomic E-state index is 0.552. The van der Waals surface area contributed by atoms with E-state index in [9.17, 15) is 5.26 Å². The lowest BCUT2D eigenvalue weighted by Crippen LogP contribution is -2.30. The van der Waals surface area contributed by atoms with Crippen LogP contribution in [-0.2, 0) is 18.3 Å². The largest absolute Gasteiger partial charge is 0.197 e. The first-order valence-corrected chi connectivity index (χ1v) is 7.87. The molecule has 0 saturated heterocycles. The molecule has 0 heterocycles. The Morgan fingerprint density at radius 2 is 1.00 bits per heavy atom. The van der Waals surface area contributed by atoms with Crippen LogP contribution in [0, 0.1) is 11.3 Å². The van der Waals surface area contributed by atoms with Gasteiger partial charge in [0.25, 0.3) is 0 Å². The van der Waals surface area contributed by atoms with E-state index < -0.39 is 5.41 Å². The van der Waals surface area contributed by atoms with E-state index in [-0.39, 0.29) is 0 Å². The van der Waals surface area contributed by atoms with Gasteiger partial charge < -0.3 is 0 Å². The highest BCUT2D eigenvalue weighted by atomic mass is 14.4. The number of hydrogen-bond donors (Lipinski definition) is 0. The Morgan fingerprint density at radius 3 is 1.39 bits per heavy atom. The quantitative estimate of drug-likeness (QED) is 0.655. The summed E-state index contributed by atoms with van der Waals surface area (Å²) in [6.45, 7) is 0. The summed E-state index contributed by atoms with van der Waals surface area (Å²) < 4.78 is 0. The molecule has 0 aromatic heterocycles. The maximum absolute atomic E-state index is 10.1. The second kappa shape index (κ2) is 6.94. The van der Waals surface area contributed by atoms with Crippen LogP contribution >= 0.6 is 0 Å². The molecule has 0 spiro atoms. The summed E-state index contributed by atoms with van der Waals surface area (Å²) in [5.41, 5.74) is 2.90. The van der Waals surface area contributed by atoms with Gasteiger partial charge in [0.1, 0.15) is 0 Å². The fourth-order valence-electron chi connectivity index (χ4n) is 3.06. The van der Waals surface area contributed by atoms with Crippen molar-refractivity contribution in [3.05, 3.63) is 108 Å². The van der Waals surface area contributed by atoms with Crippen molar-refractivity contribution in [3.63, 3.8) is 0 Å². The monoisotopic (exact) mass is 297 g/mol. The molecule has 0 aliphatic rings. The van der Waals surface area contributed by atoms with Gasteiger partial charge in [-0.3, -0.25) is 0 Å². The third kappa shape index (κ3) is 3.49. The predicted octanol–water partition coefficient (Wildman–Crippen LogP) is 4.93. The summed E-state index contributed by atoms with van der Waals surface area (Å²) in [5.74, 6) is 0. The molecule has 1 heteroatoms. The molecule has 0 atom stereocenters. The minimum atomic E-state index is -0.552. The fourth-order valence-corrected chi connectivity index (χ4v) is 3.06. The van der Waals surface area contributed by atoms with Crippen LogP contribution in [0.15, 0.2) is 91.0 Å². The summed E-state index contributed by atoms with van der Waals surface area (Å²) in [4.78, 5) is 0. The summed E-state index contributed by atoms with van der Waals surface area (Å²) in [6.07, 6.45) is 1.42. The smallest absolute Gasteiger partial charge is 0.0902 e. The van der Waals surface area contributed by atoms with Crippen molar-refractivity contribution in [1.82, 2.24) is 0 Å². The van der Waals surface area contributed by atoms with Crippen LogP contribution in [-0.4, -0.2) is 0 Å². The van der Waals surface area contributed by atoms with Gasteiger partial charge in [-0.05, 0) is 29.5 Å². The number of hydrogen-bond acceptors (Lipinski definition) is 1. The van der Waals surface area contributed by atoms with Crippen molar-refractivity contribution < 1.29 is 0 Å². The van der Waals surface area contributed by atoms with Gasteiger partial charge in [-0.1, -0.05) is 91.0 Å². The van der Waals surface area contributed by atoms with Gasteiger partial charge in [0.2, 0.25) is 0 Å². The fraction of sp³-hybridized carbons (Fsp3) is 0.136. The molecular weight excluding hydrogens is 278 g/mol. The van der Waals surface area contributed by atoms with E-state index in [1.807, 2.05) is 54.6 Å². The van der Waals surface area contributed by atoms with Crippen LogP contribution in [0.5, 0.6) is 0 Å². The number of benzene rings is 3. The average molecular weight is 297 g/mol. The van der Waals surface area contributed by atoms with Crippen LogP contribution in [0.25, 0.3) is 0 Å². The molecule has 112 valence electrons. The number of rotatable bonds is 5. The zero-order valence-electron chi connectivity index (χ0n) is 13.0. The molecule has 0 aliphatic heterocycles. The first-order valence-electron chi connectivity index (χ1n) is 7.87. The van der Waals surface area contributed by atoms with Gasteiger partial charge in [0.05, 0.1) is 11.5 Å². The molecule has 0 saturated carbocycles. The van der Waals surface area contributed by atoms with E-state index in [4.69, 9.17) is 0 Å². The molecule has 3 aromatic carbocycles. The maximum Gasteiger partial charge on any atom is 0.0902 e. The SMILES string of the molecule is N#CC(Cc1ccccc1)(Cc1ccccc1)c1ccccc1. The van der Waals surface area contributed by atoms with E-state index in [0.29, 0.717) is 12.8 Å². The maximum atomic E-state index is 10.1. The van der Waals surface area contributed by atoms with E-state index >= 15 is 0 Å². The van der Waals surface area contributed by atoms with Gasteiger partial charge in [-0.15, -0.1) is 0 Å². The van der Waals surface area contributed by atoms with E-state index in [0.717, 1.165) is 5.56 Å². The predicted molar refractivity (Wildman–Crippen MR) is 94.0 cm³/mol. The topological polar surface area (TPSA) is 23.8 Å². The normalized spacial score (nSPS) is 10.9. The lowest BCUT2D eigenvalue weighted by molar-refractivity contribution is 0.541. The zero-order valence-corrected chi connectivity index (χ0v) is 13.0. The highest BCUT2D eigenvalue weighted by Crippen LogP contribution is 2.32. The van der Waals surface area contributed by atoms with Crippen LogP contribution in [0.3, 0.4) is 0 Å². The lowest BCUT2D eigenvalue weighted by atomic mass is 9.72. The Labute approximate surface area is 137 Å². The Kier molecular flexibility index (Phi) is 4.54. The molecule has 0 fully saturated rings. The van der Waals surface area contributed by atoms with Crippen molar-refractivity contribution >= 4 is 0 Å². The first-order chi connectivity index (χ1) is 11.3. The van der Waals surface area contributed by atoms with Crippen LogP contribution < -0.4 is 0 Å². The van der Waals surface area contributed by atoms with Crippen molar-refractivity contribution in [1.29, 1.82) is 5.26 Å². The molecular formula is C22H19N. The lowest BCUT2D eigenvalue weighted by Gasteiger charge is -2.28. The Hall–Kier alpha value is -2.85. The van der Waals surface area contributed by atoms with Crippen molar-refractivity contribution in [2.75, 3.05) is 0 Å². The molecule has 0 unspecified atom stereocenters. The molecule has 3 aromatic rings. The molecule has 23 heavy (non-hydrogen) atoms. The van der Waals surface area contributed by atoms with Crippen LogP contribution in [0.2, 0.25) is 0 Å². The Bertz CT molecular complexity index is 729. The van der Waals surface area contributed by atoms with Crippen molar-refractivity contribution in [2.24, 2.45) is 0 Å². The molecule has 0 aliphatic carbocycles. The number of nitriles is 1. The van der Waals surface area contributed by atoms with E-state index in [2.05, 4.69) is 42.5 Å². The molecule has 0 bridgehead atoms. The van der Waals surface area contributed by atoms with Crippen molar-refractivity contribution in [3.8, 4) is 6.07 Å². The van der Waals surface area contributed by atoms with Gasteiger partial charge in [0, 0.05) is 0 Å². The summed E-state index contributed by atoms with van der Waals surface area (Å²) in [5, 5.41) is 10.1. The minimum Gasteiger partial charge on any atom is -0.197 e. The van der Waals surface area contributed by atoms with Crippen LogP contribution in [0.4, 0.5) is 0 Å². The third-order valence-corrected chi connectivity index (χ3v) is 4.24. The van der Waals surface area contributed by atoms with Gasteiger partial charge in [0.15, 0.2) is 0 Å². The first kappa shape index (κ1) is 15.1. The van der Waals surface area contributed by atoms with Crippen LogP contribution in [0.1, 0.15) is 16.7 Å². The molecule has 1 nitrogen and oxygen atoms in total. The highest BCUT2D eigenvalue weighted by molar-refractivity contribution is 5.38. The molecule has 0 radical (unpaired) electrons. The summed E-state index contributed by atoms with van der Waals surface area (Å²) in [6, 6.07) is 33.3. The van der Waals surface area contributed by atoms with Gasteiger partial charge in [-0.25, -0.2) is 0 Å².